The molecule has 0 amide bonds. The molecule has 2 saturated carbocycles. The fraction of sp³-hybridized carbons (Fsp3) is 0.417. The van der Waals surface area contributed by atoms with E-state index in [0.717, 1.165) is 42.4 Å². The Morgan fingerprint density at radius 1 is 0.750 bits per heavy atom. The van der Waals surface area contributed by atoms with E-state index in [1.165, 1.54) is 29.5 Å². The van der Waals surface area contributed by atoms with Crippen LogP contribution < -0.4 is 0 Å². The molecule has 28 heavy (non-hydrogen) atoms. The lowest BCUT2D eigenvalue weighted by Gasteiger charge is -2.43. The lowest BCUT2D eigenvalue weighted by Crippen LogP contribution is -2.41. The molecule has 0 radical (unpaired) electrons. The molecule has 2 aliphatic carbocycles. The smallest absolute Gasteiger partial charge is 0.143 e. The number of aromatic nitrogens is 3. The van der Waals surface area contributed by atoms with Crippen molar-refractivity contribution in [2.45, 2.75) is 56.3 Å². The van der Waals surface area contributed by atoms with Gasteiger partial charge in [0, 0.05) is 12.1 Å². The quantitative estimate of drug-likeness (QED) is 0.569. The van der Waals surface area contributed by atoms with Crippen molar-refractivity contribution in [2.24, 2.45) is 7.05 Å². The van der Waals surface area contributed by atoms with E-state index in [4.69, 9.17) is 21.8 Å². The summed E-state index contributed by atoms with van der Waals surface area (Å²) in [6, 6.07) is 17.3. The lowest BCUT2D eigenvalue weighted by molar-refractivity contribution is 0.262. The minimum absolute atomic E-state index is 0.0125. The second-order valence-corrected chi connectivity index (χ2v) is 9.09. The predicted octanol–water partition coefficient (Wildman–Crippen LogP) is 5.72. The number of halogens is 1. The molecule has 5 rings (SSSR count). The highest BCUT2D eigenvalue weighted by atomic mass is 35.5. The van der Waals surface area contributed by atoms with Crippen molar-refractivity contribution in [2.75, 3.05) is 0 Å². The minimum Gasteiger partial charge on any atom is -0.317 e. The number of nitrogens with zero attached hydrogens (tertiary/aromatic N) is 3. The maximum Gasteiger partial charge on any atom is 0.143 e. The molecule has 0 saturated heterocycles. The van der Waals surface area contributed by atoms with Crippen molar-refractivity contribution in [1.29, 1.82) is 0 Å². The average Bonchev–Trinajstić information content (AvgIpc) is 2.99. The van der Waals surface area contributed by atoms with Crippen molar-refractivity contribution < 1.29 is 0 Å². The summed E-state index contributed by atoms with van der Waals surface area (Å²) in [5, 5.41) is 10.3. The second kappa shape index (κ2) is 6.45. The molecule has 0 bridgehead atoms. The summed E-state index contributed by atoms with van der Waals surface area (Å²) in [4.78, 5) is 0. The van der Waals surface area contributed by atoms with Crippen LogP contribution in [0.5, 0.6) is 0 Å². The van der Waals surface area contributed by atoms with Gasteiger partial charge >= 0.3 is 0 Å². The zero-order valence-corrected chi connectivity index (χ0v) is 17.3. The Hall–Kier alpha value is -2.13. The van der Waals surface area contributed by atoms with E-state index in [-0.39, 0.29) is 10.8 Å². The highest BCUT2D eigenvalue weighted by Crippen LogP contribution is 2.52. The summed E-state index contributed by atoms with van der Waals surface area (Å²) in [7, 11) is 2.16. The van der Waals surface area contributed by atoms with Gasteiger partial charge in [0.2, 0.25) is 0 Å². The van der Waals surface area contributed by atoms with Gasteiger partial charge < -0.3 is 4.57 Å². The molecule has 0 aliphatic heterocycles. The van der Waals surface area contributed by atoms with Gasteiger partial charge in [0.1, 0.15) is 11.6 Å². The molecule has 3 aromatic rings. The molecule has 144 valence electrons. The molecular formula is C24H26ClN3. The van der Waals surface area contributed by atoms with Gasteiger partial charge in [-0.3, -0.25) is 0 Å². The van der Waals surface area contributed by atoms with Crippen molar-refractivity contribution >= 4 is 11.6 Å². The van der Waals surface area contributed by atoms with Crippen molar-refractivity contribution in [3.63, 3.8) is 0 Å². The molecule has 0 spiro atoms. The van der Waals surface area contributed by atoms with Gasteiger partial charge in [0.15, 0.2) is 0 Å². The third kappa shape index (κ3) is 2.49. The van der Waals surface area contributed by atoms with Gasteiger partial charge in [-0.05, 0) is 55.9 Å². The monoisotopic (exact) mass is 391 g/mol. The summed E-state index contributed by atoms with van der Waals surface area (Å²) in [6.45, 7) is 2.14. The second-order valence-electron chi connectivity index (χ2n) is 8.65. The van der Waals surface area contributed by atoms with Gasteiger partial charge in [-0.15, -0.1) is 10.2 Å². The number of rotatable bonds is 4. The third-order valence-corrected chi connectivity index (χ3v) is 7.40. The zero-order chi connectivity index (χ0) is 19.4. The molecule has 2 fully saturated rings. The predicted molar refractivity (Wildman–Crippen MR) is 113 cm³/mol. The van der Waals surface area contributed by atoms with Crippen LogP contribution in [0.2, 0.25) is 5.02 Å². The first-order chi connectivity index (χ1) is 13.6. The van der Waals surface area contributed by atoms with E-state index in [9.17, 15) is 0 Å². The van der Waals surface area contributed by atoms with Crippen molar-refractivity contribution in [3.8, 4) is 0 Å². The number of aryl methyl sites for hydroxylation is 1. The average molecular weight is 392 g/mol. The molecule has 1 aromatic heterocycles. The highest BCUT2D eigenvalue weighted by Gasteiger charge is 2.48. The van der Waals surface area contributed by atoms with E-state index in [1.54, 1.807) is 0 Å². The van der Waals surface area contributed by atoms with Crippen LogP contribution in [0.1, 0.15) is 66.9 Å². The maximum absolute atomic E-state index is 6.14. The van der Waals surface area contributed by atoms with E-state index in [1.807, 2.05) is 12.1 Å². The van der Waals surface area contributed by atoms with Gasteiger partial charge in [0.25, 0.3) is 0 Å². The number of benzene rings is 2. The van der Waals surface area contributed by atoms with E-state index >= 15 is 0 Å². The molecule has 2 aliphatic rings. The SMILES string of the molecule is Cc1ccc(C2(c3nnc(C4(c5ccc(Cl)cc5)CCC4)n3C)CCC2)cc1. The molecular weight excluding hydrogens is 366 g/mol. The summed E-state index contributed by atoms with van der Waals surface area (Å²) >= 11 is 6.14. The third-order valence-electron chi connectivity index (χ3n) is 7.15. The first kappa shape index (κ1) is 17.9. The Bertz CT molecular complexity index is 912. The first-order valence-electron chi connectivity index (χ1n) is 10.3. The molecule has 3 nitrogen and oxygen atoms in total. The van der Waals surface area contributed by atoms with Crippen LogP contribution in [0.4, 0.5) is 0 Å². The summed E-state index contributed by atoms with van der Waals surface area (Å²) in [5.41, 5.74) is 3.97. The van der Waals surface area contributed by atoms with Crippen LogP contribution in [0, 0.1) is 6.92 Å². The summed E-state index contributed by atoms with van der Waals surface area (Å²) < 4.78 is 2.30. The van der Waals surface area contributed by atoms with Gasteiger partial charge in [-0.1, -0.05) is 66.4 Å². The van der Waals surface area contributed by atoms with E-state index < -0.39 is 0 Å². The van der Waals surface area contributed by atoms with Gasteiger partial charge in [-0.2, -0.15) is 0 Å². The highest BCUT2D eigenvalue weighted by molar-refractivity contribution is 6.30. The summed E-state index contributed by atoms with van der Waals surface area (Å²) in [5.74, 6) is 2.23. The van der Waals surface area contributed by atoms with Crippen LogP contribution in [-0.4, -0.2) is 14.8 Å². The Morgan fingerprint density at radius 3 is 1.57 bits per heavy atom. The number of hydrogen-bond donors (Lipinski definition) is 0. The van der Waals surface area contributed by atoms with Crippen molar-refractivity contribution in [3.05, 3.63) is 81.9 Å². The van der Waals surface area contributed by atoms with E-state index in [2.05, 4.69) is 54.9 Å². The summed E-state index contributed by atoms with van der Waals surface area (Å²) in [6.07, 6.45) is 7.02. The first-order valence-corrected chi connectivity index (χ1v) is 10.7. The fourth-order valence-corrected chi connectivity index (χ4v) is 5.27. The largest absolute Gasteiger partial charge is 0.317 e. The maximum atomic E-state index is 6.14. The molecule has 0 N–H and O–H groups in total. The van der Waals surface area contributed by atoms with Crippen molar-refractivity contribution in [1.82, 2.24) is 14.8 Å². The van der Waals surface area contributed by atoms with Crippen LogP contribution in [0.25, 0.3) is 0 Å². The van der Waals surface area contributed by atoms with Gasteiger partial charge in [0.05, 0.1) is 10.8 Å². The molecule has 1 heterocycles. The zero-order valence-electron chi connectivity index (χ0n) is 16.6. The molecule has 0 atom stereocenters. The number of hydrogen-bond acceptors (Lipinski definition) is 2. The molecule has 4 heteroatoms. The Balaban J connectivity index is 1.59. The fourth-order valence-electron chi connectivity index (χ4n) is 5.15. The van der Waals surface area contributed by atoms with Gasteiger partial charge in [-0.25, -0.2) is 0 Å². The normalized spacial score (nSPS) is 19.7. The van der Waals surface area contributed by atoms with Crippen LogP contribution in [-0.2, 0) is 17.9 Å². The lowest BCUT2D eigenvalue weighted by atomic mass is 9.62. The Morgan fingerprint density at radius 2 is 1.18 bits per heavy atom. The van der Waals surface area contributed by atoms with Crippen LogP contribution in [0.15, 0.2) is 48.5 Å². The topological polar surface area (TPSA) is 30.7 Å². The minimum atomic E-state index is -0.0250. The van der Waals surface area contributed by atoms with E-state index in [0.29, 0.717) is 0 Å². The molecule has 0 unspecified atom stereocenters. The van der Waals surface area contributed by atoms with Crippen LogP contribution in [0.3, 0.4) is 0 Å². The van der Waals surface area contributed by atoms with Crippen LogP contribution >= 0.6 is 11.6 Å². The Labute approximate surface area is 171 Å². The standard InChI is InChI=1S/C24H26ClN3/c1-17-5-7-18(8-6-17)23(13-3-14-23)21-26-27-22(28(21)2)24(15-4-16-24)19-9-11-20(25)12-10-19/h5-12H,3-4,13-16H2,1-2H3. The Kier molecular flexibility index (Phi) is 4.13. The molecule has 2 aromatic carbocycles.